The van der Waals surface area contributed by atoms with Crippen LogP contribution < -0.4 is 24.7 Å². The summed E-state index contributed by atoms with van der Waals surface area (Å²) in [6.45, 7) is 1.69. The van der Waals surface area contributed by atoms with Crippen molar-refractivity contribution in [1.29, 1.82) is 0 Å². The third-order valence-corrected chi connectivity index (χ3v) is 3.36. The van der Waals surface area contributed by atoms with Crippen LogP contribution in [-0.2, 0) is 4.79 Å². The summed E-state index contributed by atoms with van der Waals surface area (Å²) in [5.74, 6) is 0.812. The molecule has 0 saturated carbocycles. The maximum absolute atomic E-state index is 12.2. The maximum atomic E-state index is 12.2. The Bertz CT molecular complexity index is 771. The van der Waals surface area contributed by atoms with Crippen LogP contribution in [0, 0.1) is 0 Å². The molecule has 0 radical (unpaired) electrons. The molecule has 2 N–H and O–H groups in total. The van der Waals surface area contributed by atoms with Crippen LogP contribution >= 0.6 is 0 Å². The second-order valence-electron chi connectivity index (χ2n) is 5.09. The van der Waals surface area contributed by atoms with Gasteiger partial charge >= 0.3 is 5.97 Å². The number of hydrogen-bond acceptors (Lipinski definition) is 6. The van der Waals surface area contributed by atoms with Crippen LogP contribution in [0.5, 0.6) is 23.0 Å². The van der Waals surface area contributed by atoms with Crippen molar-refractivity contribution in [3.63, 3.8) is 0 Å². The topological polar surface area (TPSA) is 97.1 Å². The smallest absolute Gasteiger partial charge is 0.343 e. The number of ether oxygens (including phenoxy) is 4. The Labute approximate surface area is 137 Å². The zero-order chi connectivity index (χ0) is 17.1. The molecular weight excluding hydrogens is 314 g/mol. The Morgan fingerprint density at radius 2 is 1.71 bits per heavy atom. The molecule has 2 aromatic carbocycles. The lowest BCUT2D eigenvalue weighted by atomic mass is 10.2. The molecule has 1 atom stereocenters. The lowest BCUT2D eigenvalue weighted by molar-refractivity contribution is -0.123. The van der Waals surface area contributed by atoms with Crippen LogP contribution in [0.15, 0.2) is 42.5 Å². The molecule has 1 heterocycles. The Morgan fingerprint density at radius 1 is 1.04 bits per heavy atom. The highest BCUT2D eigenvalue weighted by Gasteiger charge is 2.17. The van der Waals surface area contributed by atoms with Gasteiger partial charge in [0.05, 0.1) is 5.56 Å². The highest BCUT2D eigenvalue weighted by molar-refractivity contribution is 5.91. The van der Waals surface area contributed by atoms with E-state index in [4.69, 9.17) is 24.7 Å². The number of nitrogens with two attached hydrogens (primary N) is 1. The van der Waals surface area contributed by atoms with E-state index in [2.05, 4.69) is 0 Å². The number of carbonyl (C=O) groups is 2. The number of rotatable bonds is 5. The largest absolute Gasteiger partial charge is 0.481 e. The van der Waals surface area contributed by atoms with E-state index in [1.54, 1.807) is 49.4 Å². The Balaban J connectivity index is 1.65. The average molecular weight is 329 g/mol. The molecule has 0 spiro atoms. The van der Waals surface area contributed by atoms with Crippen molar-refractivity contribution in [2.45, 2.75) is 13.0 Å². The van der Waals surface area contributed by atoms with Gasteiger partial charge in [0.15, 0.2) is 17.6 Å². The number of fused-ring (bicyclic) bond motifs is 1. The molecular formula is C17H15NO6. The molecule has 124 valence electrons. The molecule has 1 amide bonds. The fraction of sp³-hybridized carbons (Fsp3) is 0.176. The number of carbonyl (C=O) groups excluding carboxylic acids is 2. The lowest BCUT2D eigenvalue weighted by Gasteiger charge is -2.11. The summed E-state index contributed by atoms with van der Waals surface area (Å²) in [7, 11) is 0. The van der Waals surface area contributed by atoms with Gasteiger partial charge in [-0.15, -0.1) is 0 Å². The summed E-state index contributed by atoms with van der Waals surface area (Å²) in [5, 5.41) is 0. The van der Waals surface area contributed by atoms with Crippen molar-refractivity contribution in [3.05, 3.63) is 48.0 Å². The van der Waals surface area contributed by atoms with Gasteiger partial charge in [-0.2, -0.15) is 0 Å². The van der Waals surface area contributed by atoms with Crippen molar-refractivity contribution in [3.8, 4) is 23.0 Å². The summed E-state index contributed by atoms with van der Waals surface area (Å²) in [6, 6.07) is 11.1. The molecule has 0 aromatic heterocycles. The summed E-state index contributed by atoms with van der Waals surface area (Å²) in [4.78, 5) is 23.1. The van der Waals surface area contributed by atoms with E-state index in [-0.39, 0.29) is 6.79 Å². The molecule has 24 heavy (non-hydrogen) atoms. The number of hydrogen-bond donors (Lipinski definition) is 1. The van der Waals surface area contributed by atoms with Crippen LogP contribution in [0.25, 0.3) is 0 Å². The molecule has 0 saturated heterocycles. The first-order chi connectivity index (χ1) is 11.5. The minimum absolute atomic E-state index is 0.138. The molecule has 2 aromatic rings. The van der Waals surface area contributed by atoms with E-state index in [0.717, 1.165) is 0 Å². The molecule has 1 unspecified atom stereocenters. The van der Waals surface area contributed by atoms with Gasteiger partial charge in [0, 0.05) is 0 Å². The van der Waals surface area contributed by atoms with Gasteiger partial charge in [-0.3, -0.25) is 4.79 Å². The van der Waals surface area contributed by atoms with Gasteiger partial charge in [0.2, 0.25) is 6.79 Å². The fourth-order valence-corrected chi connectivity index (χ4v) is 2.04. The van der Waals surface area contributed by atoms with Gasteiger partial charge < -0.3 is 24.7 Å². The van der Waals surface area contributed by atoms with E-state index in [1.807, 2.05) is 0 Å². The molecule has 1 aliphatic rings. The Kier molecular flexibility index (Phi) is 4.24. The SMILES string of the molecule is CC(Oc1ccc(OC(=O)c2ccc3c(c2)OCO3)cc1)C(N)=O. The quantitative estimate of drug-likeness (QED) is 0.664. The number of amides is 1. The third-order valence-electron chi connectivity index (χ3n) is 3.36. The van der Waals surface area contributed by atoms with Crippen molar-refractivity contribution in [2.75, 3.05) is 6.79 Å². The van der Waals surface area contributed by atoms with Crippen LogP contribution in [0.3, 0.4) is 0 Å². The zero-order valence-corrected chi connectivity index (χ0v) is 12.9. The van der Waals surface area contributed by atoms with Crippen LogP contribution in [-0.4, -0.2) is 24.8 Å². The van der Waals surface area contributed by atoms with E-state index >= 15 is 0 Å². The van der Waals surface area contributed by atoms with Gasteiger partial charge in [-0.1, -0.05) is 0 Å². The number of primary amides is 1. The third kappa shape index (κ3) is 3.40. The second kappa shape index (κ2) is 6.49. The minimum Gasteiger partial charge on any atom is -0.481 e. The highest BCUT2D eigenvalue weighted by Crippen LogP contribution is 2.32. The predicted octanol–water partition coefficient (Wildman–Crippen LogP) is 1.89. The Hall–Kier alpha value is -3.22. The predicted molar refractivity (Wildman–Crippen MR) is 83.2 cm³/mol. The van der Waals surface area contributed by atoms with E-state index < -0.39 is 18.0 Å². The van der Waals surface area contributed by atoms with Gasteiger partial charge in [-0.25, -0.2) is 4.79 Å². The van der Waals surface area contributed by atoms with E-state index in [9.17, 15) is 9.59 Å². The van der Waals surface area contributed by atoms with Crippen molar-refractivity contribution >= 4 is 11.9 Å². The van der Waals surface area contributed by atoms with Crippen LogP contribution in [0.2, 0.25) is 0 Å². The van der Waals surface area contributed by atoms with E-state index in [0.29, 0.717) is 28.6 Å². The minimum atomic E-state index is -0.743. The average Bonchev–Trinajstić information content (AvgIpc) is 3.04. The molecule has 0 aliphatic carbocycles. The summed E-state index contributed by atoms with van der Waals surface area (Å²) in [5.41, 5.74) is 5.48. The second-order valence-corrected chi connectivity index (χ2v) is 5.09. The first-order valence-electron chi connectivity index (χ1n) is 7.21. The normalized spacial score (nSPS) is 13.2. The monoisotopic (exact) mass is 329 g/mol. The number of esters is 1. The standard InChI is InChI=1S/C17H15NO6/c1-10(16(18)19)23-12-3-5-13(6-4-12)24-17(20)11-2-7-14-15(8-11)22-9-21-14/h2-8,10H,9H2,1H3,(H2,18,19). The van der Waals surface area contributed by atoms with Crippen molar-refractivity contribution < 1.29 is 28.5 Å². The molecule has 3 rings (SSSR count). The maximum Gasteiger partial charge on any atom is 0.343 e. The van der Waals surface area contributed by atoms with Crippen LogP contribution in [0.4, 0.5) is 0 Å². The van der Waals surface area contributed by atoms with Crippen LogP contribution in [0.1, 0.15) is 17.3 Å². The first kappa shape index (κ1) is 15.7. The zero-order valence-electron chi connectivity index (χ0n) is 12.9. The van der Waals surface area contributed by atoms with E-state index in [1.165, 1.54) is 0 Å². The number of benzene rings is 2. The first-order valence-corrected chi connectivity index (χ1v) is 7.21. The Morgan fingerprint density at radius 3 is 2.42 bits per heavy atom. The van der Waals surface area contributed by atoms with Crippen molar-refractivity contribution in [1.82, 2.24) is 0 Å². The molecule has 0 bridgehead atoms. The fourth-order valence-electron chi connectivity index (χ4n) is 2.04. The highest BCUT2D eigenvalue weighted by atomic mass is 16.7. The van der Waals surface area contributed by atoms with Gasteiger partial charge in [-0.05, 0) is 49.4 Å². The van der Waals surface area contributed by atoms with Gasteiger partial charge in [0.25, 0.3) is 5.91 Å². The summed E-state index contributed by atoms with van der Waals surface area (Å²) in [6.07, 6.45) is -0.743. The molecule has 1 aliphatic heterocycles. The lowest BCUT2D eigenvalue weighted by Crippen LogP contribution is -2.30. The summed E-state index contributed by atoms with van der Waals surface area (Å²) >= 11 is 0. The summed E-state index contributed by atoms with van der Waals surface area (Å²) < 4.78 is 21.0. The molecule has 0 fully saturated rings. The molecule has 7 heteroatoms. The van der Waals surface area contributed by atoms with Gasteiger partial charge in [0.1, 0.15) is 11.5 Å². The van der Waals surface area contributed by atoms with Crippen molar-refractivity contribution in [2.24, 2.45) is 5.73 Å². The molecule has 7 nitrogen and oxygen atoms in total.